The number of carbonyl (C=O) groups excluding carboxylic acids is 1. The average Bonchev–Trinajstić information content (AvgIpc) is 2.54. The Morgan fingerprint density at radius 2 is 1.96 bits per heavy atom. The third-order valence-electron chi connectivity index (χ3n) is 4.24. The van der Waals surface area contributed by atoms with Crippen LogP contribution in [0.2, 0.25) is 10.3 Å². The van der Waals surface area contributed by atoms with Gasteiger partial charge in [0.25, 0.3) is 0 Å². The van der Waals surface area contributed by atoms with Crippen LogP contribution in [-0.4, -0.2) is 52.2 Å². The molecule has 1 saturated heterocycles. The number of amides is 1. The number of aromatic nitrogens is 2. The molecule has 1 aliphatic heterocycles. The van der Waals surface area contributed by atoms with Crippen LogP contribution in [0.5, 0.6) is 0 Å². The lowest BCUT2D eigenvalue weighted by atomic mass is 10.1. The Balaban J connectivity index is 1.88. The van der Waals surface area contributed by atoms with E-state index in [2.05, 4.69) is 30.8 Å². The molecule has 0 N–H and O–H groups in total. The molecular weight excluding hydrogens is 455 g/mol. The minimum atomic E-state index is -0.516. The molecule has 6 nitrogen and oxygen atoms in total. The monoisotopic (exact) mass is 474 g/mol. The van der Waals surface area contributed by atoms with Gasteiger partial charge in [-0.05, 0) is 67.4 Å². The fourth-order valence-corrected chi connectivity index (χ4v) is 3.73. The number of ether oxygens (including phenoxy) is 1. The normalized spacial score (nSPS) is 18.1. The first-order chi connectivity index (χ1) is 12.5. The molecule has 2 heterocycles. The highest BCUT2D eigenvalue weighted by Gasteiger charge is 2.31. The molecule has 27 heavy (non-hydrogen) atoms. The first-order valence-electron chi connectivity index (χ1n) is 8.62. The van der Waals surface area contributed by atoms with Crippen LogP contribution >= 0.6 is 39.1 Å². The van der Waals surface area contributed by atoms with E-state index in [-0.39, 0.29) is 17.4 Å². The van der Waals surface area contributed by atoms with Crippen LogP contribution in [0.4, 0.5) is 10.6 Å². The minimum Gasteiger partial charge on any atom is -0.444 e. The third-order valence-corrected chi connectivity index (χ3v) is 5.61. The first-order valence-corrected chi connectivity index (χ1v) is 10.2. The second-order valence-electron chi connectivity index (χ2n) is 7.57. The summed E-state index contributed by atoms with van der Waals surface area (Å²) in [4.78, 5) is 25.0. The minimum absolute atomic E-state index is 0.0304. The summed E-state index contributed by atoms with van der Waals surface area (Å²) in [6, 6.07) is 3.69. The van der Waals surface area contributed by atoms with Gasteiger partial charge in [-0.25, -0.2) is 9.78 Å². The summed E-state index contributed by atoms with van der Waals surface area (Å²) < 4.78 is 6.23. The van der Waals surface area contributed by atoms with Gasteiger partial charge in [0.15, 0.2) is 0 Å². The van der Waals surface area contributed by atoms with Gasteiger partial charge in [0.05, 0.1) is 10.5 Å². The number of halogens is 3. The van der Waals surface area contributed by atoms with Crippen molar-refractivity contribution >= 4 is 61.9 Å². The van der Waals surface area contributed by atoms with Gasteiger partial charge in [0.1, 0.15) is 11.4 Å². The molecule has 0 saturated carbocycles. The zero-order chi connectivity index (χ0) is 19.9. The van der Waals surface area contributed by atoms with Crippen molar-refractivity contribution in [1.82, 2.24) is 14.9 Å². The van der Waals surface area contributed by atoms with E-state index < -0.39 is 5.60 Å². The number of carbonyl (C=O) groups is 1. The van der Waals surface area contributed by atoms with Crippen molar-refractivity contribution in [3.05, 3.63) is 26.9 Å². The molecule has 0 radical (unpaired) electrons. The van der Waals surface area contributed by atoms with E-state index in [0.717, 1.165) is 15.7 Å². The Bertz CT molecular complexity index is 888. The van der Waals surface area contributed by atoms with Crippen molar-refractivity contribution in [1.29, 1.82) is 0 Å². The lowest BCUT2D eigenvalue weighted by Gasteiger charge is -2.41. The van der Waals surface area contributed by atoms with E-state index in [0.29, 0.717) is 30.2 Å². The van der Waals surface area contributed by atoms with Gasteiger partial charge in [0.2, 0.25) is 5.28 Å². The zero-order valence-corrected chi connectivity index (χ0v) is 18.7. The van der Waals surface area contributed by atoms with Gasteiger partial charge in [0, 0.05) is 35.5 Å². The van der Waals surface area contributed by atoms with Crippen molar-refractivity contribution in [2.75, 3.05) is 24.5 Å². The molecule has 1 aromatic heterocycles. The Hall–Kier alpha value is -1.31. The van der Waals surface area contributed by atoms with E-state index in [1.54, 1.807) is 4.90 Å². The Morgan fingerprint density at radius 1 is 1.26 bits per heavy atom. The van der Waals surface area contributed by atoms with Gasteiger partial charge in [-0.15, -0.1) is 0 Å². The number of rotatable bonds is 1. The van der Waals surface area contributed by atoms with E-state index in [1.165, 1.54) is 0 Å². The number of hydrogen-bond acceptors (Lipinski definition) is 5. The topological polar surface area (TPSA) is 58.6 Å². The highest BCUT2D eigenvalue weighted by atomic mass is 79.9. The standard InChI is InChI=1S/C18H21BrCl2N4O2/c1-10-9-24(17(26)27-18(2,3)4)5-6-25(10)15-11-7-13(20)12(19)8-14(11)22-16(21)23-15/h7-8,10H,5-6,9H2,1-4H3. The molecule has 0 bridgehead atoms. The van der Waals surface area contributed by atoms with E-state index in [1.807, 2.05) is 39.8 Å². The van der Waals surface area contributed by atoms with Gasteiger partial charge in [-0.2, -0.15) is 4.98 Å². The molecule has 1 aromatic carbocycles. The first kappa shape index (κ1) is 20.4. The number of fused-ring (bicyclic) bond motifs is 1. The number of hydrogen-bond donors (Lipinski definition) is 0. The number of benzene rings is 1. The predicted molar refractivity (Wildman–Crippen MR) is 112 cm³/mol. The summed E-state index contributed by atoms with van der Waals surface area (Å²) >= 11 is 15.8. The van der Waals surface area contributed by atoms with Gasteiger partial charge in [-0.1, -0.05) is 11.6 Å². The van der Waals surface area contributed by atoms with Crippen LogP contribution in [0.15, 0.2) is 16.6 Å². The second-order valence-corrected chi connectivity index (χ2v) is 9.17. The molecule has 1 aliphatic rings. The van der Waals surface area contributed by atoms with E-state index in [9.17, 15) is 4.79 Å². The van der Waals surface area contributed by atoms with E-state index in [4.69, 9.17) is 27.9 Å². The summed E-state index contributed by atoms with van der Waals surface area (Å²) in [7, 11) is 0. The molecule has 1 amide bonds. The fourth-order valence-electron chi connectivity index (χ4n) is 3.06. The molecule has 1 atom stereocenters. The van der Waals surface area contributed by atoms with Crippen LogP contribution < -0.4 is 4.90 Å². The van der Waals surface area contributed by atoms with Crippen molar-refractivity contribution in [3.8, 4) is 0 Å². The van der Waals surface area contributed by atoms with Crippen LogP contribution in [-0.2, 0) is 4.74 Å². The third kappa shape index (κ3) is 4.58. The smallest absolute Gasteiger partial charge is 0.410 e. The van der Waals surface area contributed by atoms with Crippen LogP contribution in [0, 0.1) is 0 Å². The summed E-state index contributed by atoms with van der Waals surface area (Å²) in [6.45, 7) is 9.30. The van der Waals surface area contributed by atoms with Crippen LogP contribution in [0.25, 0.3) is 10.9 Å². The molecule has 1 fully saturated rings. The fraction of sp³-hybridized carbons (Fsp3) is 0.500. The highest BCUT2D eigenvalue weighted by molar-refractivity contribution is 9.10. The maximum absolute atomic E-state index is 12.4. The molecule has 1 unspecified atom stereocenters. The lowest BCUT2D eigenvalue weighted by molar-refractivity contribution is 0.0218. The number of anilines is 1. The predicted octanol–water partition coefficient (Wildman–Crippen LogP) is 5.14. The van der Waals surface area contributed by atoms with Crippen LogP contribution in [0.3, 0.4) is 0 Å². The zero-order valence-electron chi connectivity index (χ0n) is 15.6. The quantitative estimate of drug-likeness (QED) is 0.534. The largest absolute Gasteiger partial charge is 0.444 e. The van der Waals surface area contributed by atoms with Crippen molar-refractivity contribution in [3.63, 3.8) is 0 Å². The summed E-state index contributed by atoms with van der Waals surface area (Å²) in [5.74, 6) is 0.718. The van der Waals surface area contributed by atoms with Crippen molar-refractivity contribution < 1.29 is 9.53 Å². The van der Waals surface area contributed by atoms with Crippen LogP contribution in [0.1, 0.15) is 27.7 Å². The molecule has 0 aliphatic carbocycles. The Kier molecular flexibility index (Phi) is 5.75. The number of nitrogens with zero attached hydrogens (tertiary/aromatic N) is 4. The summed E-state index contributed by atoms with van der Waals surface area (Å²) in [5, 5.41) is 1.58. The average molecular weight is 476 g/mol. The molecule has 9 heteroatoms. The molecule has 2 aromatic rings. The lowest BCUT2D eigenvalue weighted by Crippen LogP contribution is -2.54. The molecular formula is C18H21BrCl2N4O2. The SMILES string of the molecule is CC1CN(C(=O)OC(C)(C)C)CCN1c1nc(Cl)nc2cc(Br)c(Cl)cc12. The molecule has 0 spiro atoms. The Labute approximate surface area is 176 Å². The summed E-state index contributed by atoms with van der Waals surface area (Å²) in [6.07, 6.45) is -0.299. The second kappa shape index (κ2) is 7.60. The molecule has 146 valence electrons. The van der Waals surface area contributed by atoms with E-state index >= 15 is 0 Å². The van der Waals surface area contributed by atoms with Gasteiger partial charge < -0.3 is 14.5 Å². The molecule has 3 rings (SSSR count). The number of piperazine rings is 1. The van der Waals surface area contributed by atoms with Crippen molar-refractivity contribution in [2.24, 2.45) is 0 Å². The maximum Gasteiger partial charge on any atom is 0.410 e. The maximum atomic E-state index is 12.4. The summed E-state index contributed by atoms with van der Waals surface area (Å²) in [5.41, 5.74) is 0.195. The highest BCUT2D eigenvalue weighted by Crippen LogP contribution is 2.34. The Morgan fingerprint density at radius 3 is 2.59 bits per heavy atom. The van der Waals surface area contributed by atoms with Gasteiger partial charge in [-0.3, -0.25) is 0 Å². The van der Waals surface area contributed by atoms with Crippen molar-refractivity contribution in [2.45, 2.75) is 39.3 Å². The van der Waals surface area contributed by atoms with Gasteiger partial charge >= 0.3 is 6.09 Å².